The largest absolute Gasteiger partial charge is 0.375 e. The van der Waals surface area contributed by atoms with Crippen LogP contribution in [-0.2, 0) is 13.1 Å². The molecular formula is C20H23ClFN5S. The highest BCUT2D eigenvalue weighted by Crippen LogP contribution is 2.21. The fourth-order valence-electron chi connectivity index (χ4n) is 3.15. The molecular weight excluding hydrogens is 397 g/mol. The molecule has 2 aromatic rings. The average Bonchev–Trinajstić information content (AvgIpc) is 2.67. The quantitative estimate of drug-likeness (QED) is 0.428. The summed E-state index contributed by atoms with van der Waals surface area (Å²) in [5, 5.41) is 4.59. The first-order chi connectivity index (χ1) is 13.5. The van der Waals surface area contributed by atoms with Crippen molar-refractivity contribution in [3.05, 3.63) is 70.0 Å². The third-order valence-corrected chi connectivity index (χ3v) is 5.13. The van der Waals surface area contributed by atoms with Crippen LogP contribution in [0.3, 0.4) is 0 Å². The van der Waals surface area contributed by atoms with Crippen molar-refractivity contribution in [2.75, 3.05) is 26.2 Å². The van der Waals surface area contributed by atoms with Crippen molar-refractivity contribution in [3.8, 4) is 0 Å². The van der Waals surface area contributed by atoms with Crippen LogP contribution in [0.2, 0.25) is 5.02 Å². The monoisotopic (exact) mass is 419 g/mol. The molecule has 1 aliphatic heterocycles. The first-order valence-corrected chi connectivity index (χ1v) is 9.85. The standard InChI is InChI=1S/C20H23ClFN5S/c21-18-2-1-3-19(22)17(18)14-27-10-8-26(9-11-27)13-16-6-4-15(5-7-16)12-24-25-20(23)28/h1-7,12H,8-11,13-14H2,(H3,23,25,28)/b24-12+. The van der Waals surface area contributed by atoms with Crippen LogP contribution in [0.4, 0.5) is 4.39 Å². The Morgan fingerprint density at radius 1 is 1.11 bits per heavy atom. The molecule has 0 unspecified atom stereocenters. The van der Waals surface area contributed by atoms with Crippen molar-refractivity contribution < 1.29 is 4.39 Å². The normalized spacial score (nSPS) is 15.8. The first-order valence-electron chi connectivity index (χ1n) is 9.06. The Morgan fingerprint density at radius 2 is 1.75 bits per heavy atom. The number of hydrogen-bond acceptors (Lipinski definition) is 4. The van der Waals surface area contributed by atoms with E-state index in [2.05, 4.69) is 32.5 Å². The molecule has 8 heteroatoms. The van der Waals surface area contributed by atoms with E-state index in [1.54, 1.807) is 18.3 Å². The number of thiocarbonyl (C=S) groups is 1. The highest BCUT2D eigenvalue weighted by atomic mass is 35.5. The Kier molecular flexibility index (Phi) is 7.33. The lowest BCUT2D eigenvalue weighted by molar-refractivity contribution is 0.121. The molecule has 1 fully saturated rings. The Bertz CT molecular complexity index is 815. The van der Waals surface area contributed by atoms with E-state index in [9.17, 15) is 4.39 Å². The van der Waals surface area contributed by atoms with Gasteiger partial charge in [0.1, 0.15) is 5.82 Å². The van der Waals surface area contributed by atoms with E-state index in [4.69, 9.17) is 29.6 Å². The van der Waals surface area contributed by atoms with Crippen molar-refractivity contribution in [2.45, 2.75) is 13.1 Å². The second-order valence-corrected chi connectivity index (χ2v) is 7.58. The first kappa shape index (κ1) is 20.7. The summed E-state index contributed by atoms with van der Waals surface area (Å²) in [5.41, 5.74) is 10.7. The molecule has 1 aliphatic rings. The van der Waals surface area contributed by atoms with E-state index < -0.39 is 0 Å². The molecule has 0 aliphatic carbocycles. The minimum absolute atomic E-state index is 0.143. The second kappa shape index (κ2) is 9.93. The molecule has 1 saturated heterocycles. The predicted octanol–water partition coefficient (Wildman–Crippen LogP) is 2.96. The third kappa shape index (κ3) is 5.97. The highest BCUT2D eigenvalue weighted by Gasteiger charge is 2.19. The minimum atomic E-state index is -0.234. The highest BCUT2D eigenvalue weighted by molar-refractivity contribution is 7.80. The van der Waals surface area contributed by atoms with E-state index in [1.165, 1.54) is 11.6 Å². The van der Waals surface area contributed by atoms with E-state index in [0.29, 0.717) is 17.1 Å². The zero-order chi connectivity index (χ0) is 19.9. The zero-order valence-corrected chi connectivity index (χ0v) is 17.0. The summed E-state index contributed by atoms with van der Waals surface area (Å²) >= 11 is 10.8. The number of piperazine rings is 1. The lowest BCUT2D eigenvalue weighted by Crippen LogP contribution is -2.45. The lowest BCUT2D eigenvalue weighted by atomic mass is 10.1. The van der Waals surface area contributed by atoms with E-state index in [1.807, 2.05) is 12.1 Å². The van der Waals surface area contributed by atoms with Crippen LogP contribution < -0.4 is 11.2 Å². The molecule has 0 bridgehead atoms. The van der Waals surface area contributed by atoms with Crippen molar-refractivity contribution in [2.24, 2.45) is 10.8 Å². The Morgan fingerprint density at radius 3 is 2.36 bits per heavy atom. The van der Waals surface area contributed by atoms with Gasteiger partial charge >= 0.3 is 0 Å². The van der Waals surface area contributed by atoms with Gasteiger partial charge in [-0.3, -0.25) is 15.2 Å². The number of benzene rings is 2. The summed E-state index contributed by atoms with van der Waals surface area (Å²) < 4.78 is 14.0. The van der Waals surface area contributed by atoms with Crippen LogP contribution in [0, 0.1) is 5.82 Å². The van der Waals surface area contributed by atoms with E-state index >= 15 is 0 Å². The maximum absolute atomic E-state index is 14.0. The summed E-state index contributed by atoms with van der Waals surface area (Å²) in [4.78, 5) is 4.65. The van der Waals surface area contributed by atoms with Gasteiger partial charge in [0.15, 0.2) is 5.11 Å². The number of hydrazone groups is 1. The number of rotatable bonds is 6. The van der Waals surface area contributed by atoms with Gasteiger partial charge < -0.3 is 5.73 Å². The average molecular weight is 420 g/mol. The zero-order valence-electron chi connectivity index (χ0n) is 15.4. The molecule has 28 heavy (non-hydrogen) atoms. The molecule has 3 rings (SSSR count). The van der Waals surface area contributed by atoms with Gasteiger partial charge in [0, 0.05) is 49.9 Å². The van der Waals surface area contributed by atoms with Crippen LogP contribution in [-0.4, -0.2) is 47.3 Å². The summed E-state index contributed by atoms with van der Waals surface area (Å²) in [5.74, 6) is -0.234. The van der Waals surface area contributed by atoms with Gasteiger partial charge in [0.25, 0.3) is 0 Å². The smallest absolute Gasteiger partial charge is 0.184 e. The second-order valence-electron chi connectivity index (χ2n) is 6.73. The molecule has 148 valence electrons. The summed E-state index contributed by atoms with van der Waals surface area (Å²) in [6.07, 6.45) is 1.68. The van der Waals surface area contributed by atoms with Gasteiger partial charge in [0.05, 0.1) is 6.21 Å². The summed E-state index contributed by atoms with van der Waals surface area (Å²) in [7, 11) is 0. The summed E-state index contributed by atoms with van der Waals surface area (Å²) in [6.45, 7) is 5.09. The van der Waals surface area contributed by atoms with Crippen molar-refractivity contribution in [1.82, 2.24) is 15.2 Å². The molecule has 5 nitrogen and oxygen atoms in total. The number of nitrogens with one attached hydrogen (secondary N) is 1. The molecule has 3 N–H and O–H groups in total. The van der Waals surface area contributed by atoms with Gasteiger partial charge in [0.2, 0.25) is 0 Å². The Balaban J connectivity index is 1.48. The number of hydrogen-bond donors (Lipinski definition) is 2. The molecule has 2 aromatic carbocycles. The molecule has 0 radical (unpaired) electrons. The molecule has 0 saturated carbocycles. The molecule has 0 atom stereocenters. The van der Waals surface area contributed by atoms with Crippen molar-refractivity contribution in [3.63, 3.8) is 0 Å². The summed E-state index contributed by atoms with van der Waals surface area (Å²) in [6, 6.07) is 13.0. The maximum atomic E-state index is 14.0. The van der Waals surface area contributed by atoms with Gasteiger partial charge in [-0.15, -0.1) is 0 Å². The topological polar surface area (TPSA) is 56.9 Å². The van der Waals surface area contributed by atoms with E-state index in [-0.39, 0.29) is 10.9 Å². The van der Waals surface area contributed by atoms with Crippen LogP contribution in [0.25, 0.3) is 0 Å². The van der Waals surface area contributed by atoms with E-state index in [0.717, 1.165) is 38.3 Å². The van der Waals surface area contributed by atoms with Crippen molar-refractivity contribution >= 4 is 35.1 Å². The van der Waals surface area contributed by atoms with Gasteiger partial charge in [-0.2, -0.15) is 5.10 Å². The molecule has 0 aromatic heterocycles. The van der Waals surface area contributed by atoms with Gasteiger partial charge in [-0.05, 0) is 35.5 Å². The third-order valence-electron chi connectivity index (χ3n) is 4.68. The Labute approximate surface area is 175 Å². The molecule has 1 heterocycles. The number of nitrogens with zero attached hydrogens (tertiary/aromatic N) is 3. The van der Waals surface area contributed by atoms with Crippen molar-refractivity contribution in [1.29, 1.82) is 0 Å². The molecule has 0 amide bonds. The SMILES string of the molecule is NC(=S)N/N=C/c1ccc(CN2CCN(Cc3c(F)cccc3Cl)CC2)cc1. The number of halogens is 2. The maximum Gasteiger partial charge on any atom is 0.184 e. The van der Waals surface area contributed by atoms with Crippen LogP contribution in [0.5, 0.6) is 0 Å². The molecule has 0 spiro atoms. The van der Waals surface area contributed by atoms with Crippen LogP contribution >= 0.6 is 23.8 Å². The number of nitrogens with two attached hydrogens (primary N) is 1. The van der Waals surface area contributed by atoms with Crippen LogP contribution in [0.1, 0.15) is 16.7 Å². The Hall–Kier alpha value is -2.06. The van der Waals surface area contributed by atoms with Gasteiger partial charge in [-0.25, -0.2) is 4.39 Å². The fourth-order valence-corrected chi connectivity index (χ4v) is 3.43. The predicted molar refractivity (Wildman–Crippen MR) is 116 cm³/mol. The van der Waals surface area contributed by atoms with Crippen LogP contribution in [0.15, 0.2) is 47.6 Å². The minimum Gasteiger partial charge on any atom is -0.375 e. The van der Waals surface area contributed by atoms with Gasteiger partial charge in [-0.1, -0.05) is 41.9 Å². The lowest BCUT2D eigenvalue weighted by Gasteiger charge is -2.35. The fraction of sp³-hybridized carbons (Fsp3) is 0.300.